The van der Waals surface area contributed by atoms with Gasteiger partial charge in [0.05, 0.1) is 25.9 Å². The van der Waals surface area contributed by atoms with E-state index in [0.29, 0.717) is 45.1 Å². The van der Waals surface area contributed by atoms with Crippen molar-refractivity contribution in [1.82, 2.24) is 16.0 Å². The normalized spacial score (nSPS) is 20.8. The summed E-state index contributed by atoms with van der Waals surface area (Å²) in [5.41, 5.74) is 2.70. The Morgan fingerprint density at radius 2 is 1.58 bits per heavy atom. The highest BCUT2D eigenvalue weighted by molar-refractivity contribution is 5.84. The van der Waals surface area contributed by atoms with Crippen molar-refractivity contribution >= 4 is 24.1 Å². The van der Waals surface area contributed by atoms with Gasteiger partial charge in [-0.1, -0.05) is 60.7 Å². The maximum absolute atomic E-state index is 13.3. The molecule has 0 bridgehead atoms. The highest BCUT2D eigenvalue weighted by Gasteiger charge is 2.47. The van der Waals surface area contributed by atoms with E-state index >= 15 is 0 Å². The van der Waals surface area contributed by atoms with E-state index in [0.717, 1.165) is 22.4 Å². The molecule has 5 rings (SSSR count). The Morgan fingerprint density at radius 1 is 0.860 bits per heavy atom. The maximum atomic E-state index is 13.3. The van der Waals surface area contributed by atoms with Gasteiger partial charge in [0, 0.05) is 45.2 Å². The molecule has 13 nitrogen and oxygen atoms in total. The predicted octanol–water partition coefficient (Wildman–Crippen LogP) is 5.96. The van der Waals surface area contributed by atoms with Crippen LogP contribution < -0.4 is 20.7 Å². The minimum atomic E-state index is -1.15. The number of carbonyl (C=O) groups is 4. The van der Waals surface area contributed by atoms with Crippen LogP contribution in [0.5, 0.6) is 5.75 Å². The number of carbonyl (C=O) groups excluding carboxylic acids is 4. The average Bonchev–Trinajstić information content (AvgIpc) is 3.20. The van der Waals surface area contributed by atoms with Crippen LogP contribution in [0.1, 0.15) is 68.6 Å². The number of methoxy groups -OCH3 is 1. The summed E-state index contributed by atoms with van der Waals surface area (Å²) in [5, 5.41) is 8.38. The van der Waals surface area contributed by atoms with Crippen molar-refractivity contribution in [2.75, 3.05) is 33.4 Å². The Kier molecular flexibility index (Phi) is 16.5. The number of alkyl carbamates (subject to hydrolysis) is 2. The number of ether oxygens (including phenoxy) is 6. The molecular weight excluding hydrogens is 737 g/mol. The van der Waals surface area contributed by atoms with Gasteiger partial charge in [-0.05, 0) is 73.9 Å². The van der Waals surface area contributed by atoms with Gasteiger partial charge in [-0.15, -0.1) is 0 Å². The van der Waals surface area contributed by atoms with Gasteiger partial charge in [-0.25, -0.2) is 18.8 Å². The first kappa shape index (κ1) is 42.9. The van der Waals surface area contributed by atoms with Gasteiger partial charge in [0.15, 0.2) is 5.79 Å². The molecule has 0 unspecified atom stereocenters. The number of rotatable bonds is 18. The number of para-hydroxylation sites is 1. The number of amides is 3. The maximum Gasteiger partial charge on any atom is 0.407 e. The SMILES string of the molecule is CCOC(=O)[C@H](Cc1ccccc1)NC(=O)CC[C@@H]1C[C@@H](OC(=O)NCCc2ccc(F)cc2)C[C@@]2(CCC[C@H](COC(=O)NCCc3ccccc3OC)O2)O1. The minimum absolute atomic E-state index is 0.00919. The third kappa shape index (κ3) is 14.0. The van der Waals surface area contributed by atoms with E-state index in [1.807, 2.05) is 54.6 Å². The van der Waals surface area contributed by atoms with Crippen molar-refractivity contribution < 1.29 is 52.0 Å². The van der Waals surface area contributed by atoms with E-state index in [9.17, 15) is 23.6 Å². The first-order valence-electron chi connectivity index (χ1n) is 19.7. The summed E-state index contributed by atoms with van der Waals surface area (Å²) in [6, 6.07) is 22.2. The molecule has 5 atom stereocenters. The molecule has 3 aromatic carbocycles. The highest BCUT2D eigenvalue weighted by atomic mass is 19.1. The Labute approximate surface area is 333 Å². The number of nitrogens with one attached hydrogen (secondary N) is 3. The van der Waals surface area contributed by atoms with E-state index in [1.165, 1.54) is 12.1 Å². The van der Waals surface area contributed by atoms with Crippen molar-refractivity contribution in [2.45, 2.75) is 101 Å². The number of hydrogen-bond acceptors (Lipinski definition) is 10. The number of hydrogen-bond donors (Lipinski definition) is 3. The average molecular weight is 792 g/mol. The summed E-state index contributed by atoms with van der Waals surface area (Å²) in [5.74, 6) is -1.61. The molecule has 2 heterocycles. The summed E-state index contributed by atoms with van der Waals surface area (Å²) < 4.78 is 48.5. The van der Waals surface area contributed by atoms with Gasteiger partial charge in [-0.2, -0.15) is 0 Å². The smallest absolute Gasteiger partial charge is 0.407 e. The summed E-state index contributed by atoms with van der Waals surface area (Å²) in [7, 11) is 1.60. The molecule has 0 aromatic heterocycles. The number of halogens is 1. The Bertz CT molecular complexity index is 1750. The van der Waals surface area contributed by atoms with E-state index in [2.05, 4.69) is 16.0 Å². The van der Waals surface area contributed by atoms with Gasteiger partial charge in [0.2, 0.25) is 5.91 Å². The molecule has 1 spiro atoms. The summed E-state index contributed by atoms with van der Waals surface area (Å²) >= 11 is 0. The first-order chi connectivity index (χ1) is 27.6. The molecule has 0 aliphatic carbocycles. The molecule has 14 heteroatoms. The molecule has 2 aliphatic rings. The Morgan fingerprint density at radius 3 is 2.35 bits per heavy atom. The fourth-order valence-electron chi connectivity index (χ4n) is 7.19. The predicted molar refractivity (Wildman–Crippen MR) is 208 cm³/mol. The van der Waals surface area contributed by atoms with Crippen LogP contribution in [0.4, 0.5) is 14.0 Å². The van der Waals surface area contributed by atoms with Crippen LogP contribution >= 0.6 is 0 Å². The van der Waals surface area contributed by atoms with Crippen molar-refractivity contribution in [3.63, 3.8) is 0 Å². The van der Waals surface area contributed by atoms with Crippen molar-refractivity contribution in [3.05, 3.63) is 101 Å². The quantitative estimate of drug-likeness (QED) is 0.104. The molecule has 0 radical (unpaired) electrons. The van der Waals surface area contributed by atoms with Crippen LogP contribution in [0.3, 0.4) is 0 Å². The molecule has 2 saturated heterocycles. The first-order valence-corrected chi connectivity index (χ1v) is 19.7. The lowest BCUT2D eigenvalue weighted by molar-refractivity contribution is -0.329. The van der Waals surface area contributed by atoms with Crippen molar-refractivity contribution in [3.8, 4) is 5.75 Å². The lowest BCUT2D eigenvalue weighted by Gasteiger charge is -2.47. The lowest BCUT2D eigenvalue weighted by Crippen LogP contribution is -2.54. The standard InChI is InChI=1S/C43H54FN3O10/c1-3-53-40(49)37(26-31-10-5-4-6-11-31)47-39(48)20-19-34-27-36(55-42(51)46-24-21-30-15-17-33(44)18-16-30)28-43(56-34)23-9-13-35(57-43)29-54-41(50)45-25-22-32-12-7-8-14-38(32)52-2/h4-8,10-12,14-18,34-37H,3,9,13,19-29H2,1-2H3,(H,45,50)(H,46,51)(H,47,48)/t34-,35-,36-,37+,43+/m1/s1. The van der Waals surface area contributed by atoms with Gasteiger partial charge in [0.25, 0.3) is 0 Å². The zero-order chi connectivity index (χ0) is 40.5. The highest BCUT2D eigenvalue weighted by Crippen LogP contribution is 2.41. The van der Waals surface area contributed by atoms with Crippen LogP contribution in [0.25, 0.3) is 0 Å². The summed E-state index contributed by atoms with van der Waals surface area (Å²) in [4.78, 5) is 51.7. The fraction of sp³-hybridized carbons (Fsp3) is 0.488. The van der Waals surface area contributed by atoms with Crippen LogP contribution in [0, 0.1) is 5.82 Å². The second kappa shape index (κ2) is 21.9. The van der Waals surface area contributed by atoms with E-state index in [-0.39, 0.29) is 57.2 Å². The molecule has 308 valence electrons. The third-order valence-electron chi connectivity index (χ3n) is 9.92. The van der Waals surface area contributed by atoms with Crippen LogP contribution in [0.2, 0.25) is 0 Å². The molecule has 0 saturated carbocycles. The summed E-state index contributed by atoms with van der Waals surface area (Å²) in [6.07, 6.45) is 1.19. The van der Waals surface area contributed by atoms with Gasteiger partial charge < -0.3 is 44.4 Å². The van der Waals surface area contributed by atoms with Crippen molar-refractivity contribution in [1.29, 1.82) is 0 Å². The second-order valence-electron chi connectivity index (χ2n) is 14.2. The topological polar surface area (TPSA) is 160 Å². The van der Waals surface area contributed by atoms with Crippen molar-refractivity contribution in [2.24, 2.45) is 0 Å². The molecule has 57 heavy (non-hydrogen) atoms. The largest absolute Gasteiger partial charge is 0.496 e. The van der Waals surface area contributed by atoms with Crippen LogP contribution in [-0.2, 0) is 52.5 Å². The third-order valence-corrected chi connectivity index (χ3v) is 9.92. The Balaban J connectivity index is 1.17. The lowest BCUT2D eigenvalue weighted by atomic mass is 9.90. The van der Waals surface area contributed by atoms with E-state index < -0.39 is 48.3 Å². The second-order valence-corrected chi connectivity index (χ2v) is 14.2. The molecule has 2 aliphatic heterocycles. The zero-order valence-electron chi connectivity index (χ0n) is 32.7. The molecule has 3 amide bonds. The molecular formula is C43H54FN3O10. The molecule has 3 N–H and O–H groups in total. The van der Waals surface area contributed by atoms with Crippen LogP contribution in [-0.4, -0.2) is 87.6 Å². The van der Waals surface area contributed by atoms with E-state index in [1.54, 1.807) is 26.2 Å². The summed E-state index contributed by atoms with van der Waals surface area (Å²) in [6.45, 7) is 2.52. The molecule has 3 aromatic rings. The minimum Gasteiger partial charge on any atom is -0.496 e. The fourth-order valence-corrected chi connectivity index (χ4v) is 7.19. The Hall–Kier alpha value is -5.21. The number of esters is 1. The van der Waals surface area contributed by atoms with Gasteiger partial charge in [-0.3, -0.25) is 4.79 Å². The van der Waals surface area contributed by atoms with E-state index in [4.69, 9.17) is 28.4 Å². The van der Waals surface area contributed by atoms with Crippen LogP contribution in [0.15, 0.2) is 78.9 Å². The monoisotopic (exact) mass is 791 g/mol. The van der Waals surface area contributed by atoms with Gasteiger partial charge >= 0.3 is 18.2 Å². The van der Waals surface area contributed by atoms with Gasteiger partial charge in [0.1, 0.15) is 30.3 Å². The number of benzene rings is 3. The molecule has 2 fully saturated rings. The zero-order valence-corrected chi connectivity index (χ0v) is 32.7.